The van der Waals surface area contributed by atoms with Gasteiger partial charge in [-0.1, -0.05) is 22.4 Å². The predicted octanol–water partition coefficient (Wildman–Crippen LogP) is 3.29. The first-order valence-corrected chi connectivity index (χ1v) is 7.61. The van der Waals surface area contributed by atoms with Gasteiger partial charge in [-0.05, 0) is 43.5 Å². The molecule has 0 bridgehead atoms. The Morgan fingerprint density at radius 3 is 2.79 bits per heavy atom. The lowest BCUT2D eigenvalue weighted by atomic mass is 9.94. The Bertz CT molecular complexity index is 417. The summed E-state index contributed by atoms with van der Waals surface area (Å²) in [7, 11) is 3.46. The highest BCUT2D eigenvalue weighted by atomic mass is 79.9. The van der Waals surface area contributed by atoms with Gasteiger partial charge >= 0.3 is 0 Å². The second kappa shape index (κ2) is 7.27. The van der Waals surface area contributed by atoms with Crippen molar-refractivity contribution in [3.05, 3.63) is 27.7 Å². The Balaban J connectivity index is 2.24. The summed E-state index contributed by atoms with van der Waals surface area (Å²) < 4.78 is 11.9. The molecule has 0 aromatic heterocycles. The first-order chi connectivity index (χ1) is 9.24. The summed E-state index contributed by atoms with van der Waals surface area (Å²) in [6.07, 6.45) is 4.86. The van der Waals surface area contributed by atoms with Crippen molar-refractivity contribution in [1.82, 2.24) is 5.32 Å². The minimum atomic E-state index is 0.555. The number of rotatable bonds is 5. The largest absolute Gasteiger partial charge is 0.496 e. The lowest BCUT2D eigenvalue weighted by Gasteiger charge is -2.25. The summed E-state index contributed by atoms with van der Waals surface area (Å²) in [5, 5.41) is 3.59. The van der Waals surface area contributed by atoms with Crippen LogP contribution in [0.5, 0.6) is 5.75 Å². The monoisotopic (exact) mass is 327 g/mol. The van der Waals surface area contributed by atoms with Crippen LogP contribution < -0.4 is 10.1 Å². The average molecular weight is 328 g/mol. The zero-order valence-corrected chi connectivity index (χ0v) is 13.3. The molecule has 0 amide bonds. The molecule has 106 valence electrons. The van der Waals surface area contributed by atoms with Crippen LogP contribution in [0.25, 0.3) is 0 Å². The molecule has 1 N–H and O–H groups in total. The number of nitrogens with one attached hydrogen (secondary N) is 1. The van der Waals surface area contributed by atoms with E-state index in [1.165, 1.54) is 30.4 Å². The van der Waals surface area contributed by atoms with Crippen molar-refractivity contribution in [2.24, 2.45) is 0 Å². The van der Waals surface area contributed by atoms with Gasteiger partial charge in [0.25, 0.3) is 0 Å². The maximum Gasteiger partial charge on any atom is 0.123 e. The van der Waals surface area contributed by atoms with Crippen molar-refractivity contribution in [2.45, 2.75) is 38.3 Å². The van der Waals surface area contributed by atoms with Gasteiger partial charge < -0.3 is 14.8 Å². The fraction of sp³-hybridized carbons (Fsp3) is 0.600. The van der Waals surface area contributed by atoms with Crippen LogP contribution in [0.3, 0.4) is 0 Å². The Morgan fingerprint density at radius 1 is 1.32 bits per heavy atom. The molecule has 0 saturated carbocycles. The lowest BCUT2D eigenvalue weighted by molar-refractivity contribution is 0.183. The third kappa shape index (κ3) is 3.94. The maximum atomic E-state index is 5.54. The molecular weight excluding hydrogens is 306 g/mol. The average Bonchev–Trinajstić information content (AvgIpc) is 2.43. The number of halogens is 1. The van der Waals surface area contributed by atoms with Gasteiger partial charge in [-0.2, -0.15) is 0 Å². The number of hydrogen-bond donors (Lipinski definition) is 1. The van der Waals surface area contributed by atoms with Crippen molar-refractivity contribution in [3.8, 4) is 5.75 Å². The van der Waals surface area contributed by atoms with E-state index >= 15 is 0 Å². The highest BCUT2D eigenvalue weighted by molar-refractivity contribution is 9.10. The third-order valence-corrected chi connectivity index (χ3v) is 4.11. The molecule has 1 atom stereocenters. The van der Waals surface area contributed by atoms with E-state index in [1.54, 1.807) is 14.2 Å². The van der Waals surface area contributed by atoms with Gasteiger partial charge in [0.1, 0.15) is 5.75 Å². The molecule has 1 saturated heterocycles. The highest BCUT2D eigenvalue weighted by Crippen LogP contribution is 2.30. The lowest BCUT2D eigenvalue weighted by Crippen LogP contribution is -2.35. The zero-order valence-electron chi connectivity index (χ0n) is 11.7. The molecule has 1 aromatic rings. The Kier molecular flexibility index (Phi) is 5.67. The Hall–Kier alpha value is -0.580. The first-order valence-electron chi connectivity index (χ1n) is 6.82. The van der Waals surface area contributed by atoms with Gasteiger partial charge in [0.05, 0.1) is 13.7 Å². The maximum absolute atomic E-state index is 5.54. The smallest absolute Gasteiger partial charge is 0.123 e. The highest BCUT2D eigenvalue weighted by Gasteiger charge is 2.18. The van der Waals surface area contributed by atoms with Crippen LogP contribution in [0.4, 0.5) is 0 Å². The van der Waals surface area contributed by atoms with Crippen molar-refractivity contribution in [2.75, 3.05) is 20.8 Å². The number of benzene rings is 1. The molecule has 1 fully saturated rings. The van der Waals surface area contributed by atoms with Crippen LogP contribution in [-0.2, 0) is 17.8 Å². The zero-order chi connectivity index (χ0) is 13.7. The van der Waals surface area contributed by atoms with Gasteiger partial charge in [-0.15, -0.1) is 0 Å². The molecule has 1 aliphatic heterocycles. The normalized spacial score (nSPS) is 19.4. The molecule has 0 aliphatic carbocycles. The van der Waals surface area contributed by atoms with E-state index in [0.717, 1.165) is 23.2 Å². The van der Waals surface area contributed by atoms with Crippen LogP contribution in [0.2, 0.25) is 0 Å². The van der Waals surface area contributed by atoms with Crippen LogP contribution in [0.1, 0.15) is 30.4 Å². The summed E-state index contributed by atoms with van der Waals surface area (Å²) in [4.78, 5) is 0. The van der Waals surface area contributed by atoms with E-state index in [2.05, 4.69) is 27.3 Å². The van der Waals surface area contributed by atoms with Crippen molar-refractivity contribution in [1.29, 1.82) is 0 Å². The standard InChI is InChI=1S/C15H22BrNO2/c1-18-10-11-7-12(16)8-15(19-2)14(11)9-13-5-3-4-6-17-13/h7-8,13,17H,3-6,9-10H2,1-2H3. The van der Waals surface area contributed by atoms with E-state index in [0.29, 0.717) is 12.6 Å². The van der Waals surface area contributed by atoms with Gasteiger partial charge in [-0.25, -0.2) is 0 Å². The van der Waals surface area contributed by atoms with Crippen molar-refractivity contribution in [3.63, 3.8) is 0 Å². The van der Waals surface area contributed by atoms with E-state index in [4.69, 9.17) is 9.47 Å². The van der Waals surface area contributed by atoms with E-state index < -0.39 is 0 Å². The molecule has 1 unspecified atom stereocenters. The number of ether oxygens (including phenoxy) is 2. The van der Waals surface area contributed by atoms with Gasteiger partial charge in [-0.3, -0.25) is 0 Å². The van der Waals surface area contributed by atoms with Crippen molar-refractivity contribution >= 4 is 15.9 Å². The summed E-state index contributed by atoms with van der Waals surface area (Å²) >= 11 is 3.53. The second-order valence-corrected chi connectivity index (χ2v) is 5.95. The minimum absolute atomic E-state index is 0.555. The minimum Gasteiger partial charge on any atom is -0.496 e. The molecule has 4 heteroatoms. The summed E-state index contributed by atoms with van der Waals surface area (Å²) in [6.45, 7) is 1.75. The van der Waals surface area contributed by atoms with Gasteiger partial charge in [0.15, 0.2) is 0 Å². The third-order valence-electron chi connectivity index (χ3n) is 3.65. The summed E-state index contributed by atoms with van der Waals surface area (Å²) in [5.74, 6) is 0.953. The molecule has 1 aliphatic rings. The molecule has 1 aromatic carbocycles. The summed E-state index contributed by atoms with van der Waals surface area (Å²) in [6, 6.07) is 4.72. The molecular formula is C15H22BrNO2. The fourth-order valence-corrected chi connectivity index (χ4v) is 3.19. The first kappa shape index (κ1) is 14.8. The molecule has 3 nitrogen and oxygen atoms in total. The topological polar surface area (TPSA) is 30.5 Å². The van der Waals surface area contributed by atoms with E-state index in [1.807, 2.05) is 6.07 Å². The van der Waals surface area contributed by atoms with Crippen LogP contribution in [0.15, 0.2) is 16.6 Å². The van der Waals surface area contributed by atoms with Gasteiger partial charge in [0, 0.05) is 23.2 Å². The predicted molar refractivity (Wildman–Crippen MR) is 80.8 cm³/mol. The fourth-order valence-electron chi connectivity index (χ4n) is 2.71. The molecule has 0 spiro atoms. The van der Waals surface area contributed by atoms with E-state index in [-0.39, 0.29) is 0 Å². The Morgan fingerprint density at radius 2 is 2.16 bits per heavy atom. The molecule has 19 heavy (non-hydrogen) atoms. The number of piperidine rings is 1. The SMILES string of the molecule is COCc1cc(Br)cc(OC)c1CC1CCCCN1. The molecule has 1 heterocycles. The molecule has 2 rings (SSSR count). The molecule has 0 radical (unpaired) electrons. The van der Waals surface area contributed by atoms with Crippen molar-refractivity contribution < 1.29 is 9.47 Å². The Labute approximate surface area is 123 Å². The van der Waals surface area contributed by atoms with E-state index in [9.17, 15) is 0 Å². The second-order valence-electron chi connectivity index (χ2n) is 5.03. The van der Waals surface area contributed by atoms with Gasteiger partial charge in [0.2, 0.25) is 0 Å². The number of methoxy groups -OCH3 is 2. The van der Waals surface area contributed by atoms with Crippen LogP contribution >= 0.6 is 15.9 Å². The quantitative estimate of drug-likeness (QED) is 0.900. The summed E-state index contributed by atoms with van der Waals surface area (Å²) in [5.41, 5.74) is 2.48. The number of hydrogen-bond acceptors (Lipinski definition) is 3. The van der Waals surface area contributed by atoms with Crippen LogP contribution in [-0.4, -0.2) is 26.8 Å². The van der Waals surface area contributed by atoms with Crippen LogP contribution in [0, 0.1) is 0 Å².